The largest absolute Gasteiger partial charge is 0.462 e. The van der Waals surface area contributed by atoms with Gasteiger partial charge >= 0.3 is 5.97 Å². The maximum atomic E-state index is 12.7. The van der Waals surface area contributed by atoms with E-state index in [4.69, 9.17) is 10.00 Å². The molecule has 2 fully saturated rings. The van der Waals surface area contributed by atoms with Gasteiger partial charge in [0.25, 0.3) is 0 Å². The van der Waals surface area contributed by atoms with E-state index in [1.807, 2.05) is 12.3 Å². The number of hydrogen-bond donors (Lipinski definition) is 2. The average Bonchev–Trinajstić information content (AvgIpc) is 3.39. The van der Waals surface area contributed by atoms with Crippen LogP contribution in [0.1, 0.15) is 61.7 Å². The van der Waals surface area contributed by atoms with Crippen molar-refractivity contribution in [2.45, 2.75) is 57.4 Å². The number of hydrogen-bond acceptors (Lipinski definition) is 5. The van der Waals surface area contributed by atoms with Crippen molar-refractivity contribution in [3.63, 3.8) is 0 Å². The normalized spacial score (nSPS) is 22.3. The fourth-order valence-corrected chi connectivity index (χ4v) is 4.03. The zero-order chi connectivity index (χ0) is 18.6. The van der Waals surface area contributed by atoms with Crippen LogP contribution in [0.15, 0.2) is 18.5 Å². The Kier molecular flexibility index (Phi) is 5.28. The molecule has 2 heterocycles. The number of anilines is 1. The van der Waals surface area contributed by atoms with Crippen LogP contribution in [0, 0.1) is 23.2 Å². The summed E-state index contributed by atoms with van der Waals surface area (Å²) in [5.74, 6) is 0.815. The molecular weight excluding hydrogens is 340 g/mol. The Bertz CT molecular complexity index is 849. The Labute approximate surface area is 159 Å². The van der Waals surface area contributed by atoms with Crippen LogP contribution in [-0.4, -0.2) is 28.6 Å². The number of pyridine rings is 1. The molecule has 6 heteroatoms. The summed E-state index contributed by atoms with van der Waals surface area (Å²) in [6.45, 7) is 0.503. The number of nitriles is 1. The zero-order valence-corrected chi connectivity index (χ0v) is 15.5. The highest BCUT2D eigenvalue weighted by Crippen LogP contribution is 2.34. The first-order valence-corrected chi connectivity index (χ1v) is 10.0. The fraction of sp³-hybridized carbons (Fsp3) is 0.571. The van der Waals surface area contributed by atoms with Crippen LogP contribution in [0.3, 0.4) is 0 Å². The molecule has 0 unspecified atom stereocenters. The first-order chi connectivity index (χ1) is 13.2. The number of carbonyl (C=O) groups excluding carboxylic acids is 1. The first kappa shape index (κ1) is 17.8. The highest BCUT2D eigenvalue weighted by Gasteiger charge is 2.27. The number of aromatic amines is 1. The van der Waals surface area contributed by atoms with Gasteiger partial charge in [0.1, 0.15) is 11.2 Å². The number of rotatable bonds is 7. The minimum Gasteiger partial charge on any atom is -0.462 e. The lowest BCUT2D eigenvalue weighted by atomic mass is 9.83. The minimum atomic E-state index is -0.295. The third-order valence-electron chi connectivity index (χ3n) is 5.75. The average molecular weight is 366 g/mol. The van der Waals surface area contributed by atoms with Gasteiger partial charge in [-0.2, -0.15) is 5.26 Å². The Morgan fingerprint density at radius 1 is 1.33 bits per heavy atom. The summed E-state index contributed by atoms with van der Waals surface area (Å²) < 4.78 is 5.52. The van der Waals surface area contributed by atoms with E-state index in [0.717, 1.165) is 55.2 Å². The Balaban J connectivity index is 1.53. The van der Waals surface area contributed by atoms with Crippen molar-refractivity contribution in [1.82, 2.24) is 9.97 Å². The summed E-state index contributed by atoms with van der Waals surface area (Å²) in [5, 5.41) is 13.4. The van der Waals surface area contributed by atoms with E-state index in [-0.39, 0.29) is 5.97 Å². The SMILES string of the molecule is N#CCC[C@H]1CCC[C@@H](Nc2c(C(=O)OCC3CC3)cnc3[nH]ccc23)C1. The van der Waals surface area contributed by atoms with Crippen molar-refractivity contribution in [1.29, 1.82) is 5.26 Å². The number of aromatic nitrogens is 2. The van der Waals surface area contributed by atoms with Crippen molar-refractivity contribution < 1.29 is 9.53 Å². The highest BCUT2D eigenvalue weighted by molar-refractivity contribution is 6.04. The van der Waals surface area contributed by atoms with Gasteiger partial charge in [-0.05, 0) is 50.0 Å². The van der Waals surface area contributed by atoms with Crippen molar-refractivity contribution in [2.24, 2.45) is 11.8 Å². The molecule has 0 saturated heterocycles. The van der Waals surface area contributed by atoms with E-state index in [2.05, 4.69) is 21.4 Å². The summed E-state index contributed by atoms with van der Waals surface area (Å²) in [7, 11) is 0. The van der Waals surface area contributed by atoms with Crippen LogP contribution >= 0.6 is 0 Å². The van der Waals surface area contributed by atoms with Gasteiger partial charge in [0.05, 0.1) is 18.4 Å². The second kappa shape index (κ2) is 7.99. The van der Waals surface area contributed by atoms with Crippen molar-refractivity contribution >= 4 is 22.7 Å². The molecule has 0 aliphatic heterocycles. The molecule has 0 bridgehead atoms. The smallest absolute Gasteiger partial charge is 0.341 e. The van der Waals surface area contributed by atoms with Gasteiger partial charge in [0.2, 0.25) is 0 Å². The third kappa shape index (κ3) is 4.24. The summed E-state index contributed by atoms with van der Waals surface area (Å²) in [6, 6.07) is 4.52. The molecule has 0 spiro atoms. The third-order valence-corrected chi connectivity index (χ3v) is 5.75. The topological polar surface area (TPSA) is 90.8 Å². The monoisotopic (exact) mass is 366 g/mol. The van der Waals surface area contributed by atoms with Gasteiger partial charge in [0.15, 0.2) is 0 Å². The van der Waals surface area contributed by atoms with Crippen LogP contribution in [-0.2, 0) is 4.74 Å². The van der Waals surface area contributed by atoms with E-state index >= 15 is 0 Å². The predicted octanol–water partition coefficient (Wildman–Crippen LogP) is 4.40. The molecule has 6 nitrogen and oxygen atoms in total. The van der Waals surface area contributed by atoms with E-state index in [9.17, 15) is 4.79 Å². The fourth-order valence-electron chi connectivity index (χ4n) is 4.03. The molecule has 2 atom stereocenters. The molecule has 2 N–H and O–H groups in total. The van der Waals surface area contributed by atoms with Crippen LogP contribution in [0.5, 0.6) is 0 Å². The molecule has 0 radical (unpaired) electrons. The van der Waals surface area contributed by atoms with Crippen LogP contribution in [0.2, 0.25) is 0 Å². The van der Waals surface area contributed by atoms with Gasteiger partial charge in [-0.3, -0.25) is 0 Å². The van der Waals surface area contributed by atoms with Gasteiger partial charge in [-0.1, -0.05) is 12.8 Å². The minimum absolute atomic E-state index is 0.295. The molecule has 2 aromatic rings. The van der Waals surface area contributed by atoms with Crippen molar-refractivity contribution in [2.75, 3.05) is 11.9 Å². The molecule has 2 aliphatic carbocycles. The number of carbonyl (C=O) groups is 1. The van der Waals surface area contributed by atoms with Crippen LogP contribution in [0.4, 0.5) is 5.69 Å². The van der Waals surface area contributed by atoms with E-state index in [1.165, 1.54) is 6.42 Å². The molecule has 4 rings (SSSR count). The van der Waals surface area contributed by atoms with Gasteiger partial charge < -0.3 is 15.0 Å². The molecule has 27 heavy (non-hydrogen) atoms. The summed E-state index contributed by atoms with van der Waals surface area (Å²) in [6.07, 6.45) is 11.8. The van der Waals surface area contributed by atoms with Crippen LogP contribution in [0.25, 0.3) is 11.0 Å². The maximum absolute atomic E-state index is 12.7. The second-order valence-electron chi connectivity index (χ2n) is 7.90. The van der Waals surface area contributed by atoms with Crippen molar-refractivity contribution in [3.8, 4) is 6.07 Å². The van der Waals surface area contributed by atoms with E-state index < -0.39 is 0 Å². The van der Waals surface area contributed by atoms with Crippen molar-refractivity contribution in [3.05, 3.63) is 24.0 Å². The number of nitrogens with zero attached hydrogens (tertiary/aromatic N) is 2. The summed E-state index contributed by atoms with van der Waals surface area (Å²) in [5.41, 5.74) is 2.11. The lowest BCUT2D eigenvalue weighted by Crippen LogP contribution is -2.28. The predicted molar refractivity (Wildman–Crippen MR) is 103 cm³/mol. The number of fused-ring (bicyclic) bond motifs is 1. The summed E-state index contributed by atoms with van der Waals surface area (Å²) >= 11 is 0. The quantitative estimate of drug-likeness (QED) is 0.709. The summed E-state index contributed by atoms with van der Waals surface area (Å²) in [4.78, 5) is 20.2. The molecule has 0 aromatic carbocycles. The number of H-pyrrole nitrogens is 1. The van der Waals surface area contributed by atoms with Crippen LogP contribution < -0.4 is 5.32 Å². The number of ether oxygens (including phenoxy) is 1. The lowest BCUT2D eigenvalue weighted by molar-refractivity contribution is 0.0487. The Hall–Kier alpha value is -2.55. The maximum Gasteiger partial charge on any atom is 0.341 e. The lowest BCUT2D eigenvalue weighted by Gasteiger charge is -2.30. The molecule has 142 valence electrons. The molecule has 0 amide bonds. The molecule has 2 aromatic heterocycles. The second-order valence-corrected chi connectivity index (χ2v) is 7.90. The van der Waals surface area contributed by atoms with E-state index in [0.29, 0.717) is 36.5 Å². The molecular formula is C21H26N4O2. The highest BCUT2D eigenvalue weighted by atomic mass is 16.5. The number of esters is 1. The van der Waals surface area contributed by atoms with Gasteiger partial charge in [0, 0.05) is 30.2 Å². The first-order valence-electron chi connectivity index (χ1n) is 10.0. The number of nitrogens with one attached hydrogen (secondary N) is 2. The van der Waals surface area contributed by atoms with Gasteiger partial charge in [-0.15, -0.1) is 0 Å². The molecule has 2 aliphatic rings. The van der Waals surface area contributed by atoms with Gasteiger partial charge in [-0.25, -0.2) is 9.78 Å². The van der Waals surface area contributed by atoms with E-state index in [1.54, 1.807) is 6.20 Å². The standard InChI is InChI=1S/C21H26N4O2/c22-9-2-4-14-3-1-5-16(11-14)25-19-17-8-10-23-20(17)24-12-18(19)21(26)27-13-15-6-7-15/h8,10,12,14-16H,1-7,11,13H2,(H2,23,24,25)/t14-,16-/m1/s1. The zero-order valence-electron chi connectivity index (χ0n) is 15.5. The molecule has 2 saturated carbocycles. The Morgan fingerprint density at radius 2 is 2.22 bits per heavy atom. The Morgan fingerprint density at radius 3 is 3.04 bits per heavy atom.